The average molecular weight is 780 g/mol. The highest BCUT2D eigenvalue weighted by Gasteiger charge is 2.27. The van der Waals surface area contributed by atoms with Crippen molar-refractivity contribution in [1.29, 1.82) is 0 Å². The first-order valence-electron chi connectivity index (χ1n) is 19.3. The molecule has 1 heterocycles. The van der Waals surface area contributed by atoms with Crippen molar-refractivity contribution in [2.75, 3.05) is 13.1 Å². The molecule has 2 aromatic rings. The van der Waals surface area contributed by atoms with Gasteiger partial charge in [-0.1, -0.05) is 56.7 Å². The molecule has 0 spiro atoms. The van der Waals surface area contributed by atoms with Gasteiger partial charge in [-0.2, -0.15) is 0 Å². The number of nitrogens with one attached hydrogen (secondary N) is 4. The van der Waals surface area contributed by atoms with Gasteiger partial charge < -0.3 is 42.6 Å². The Hall–Kier alpha value is -4.79. The number of para-hydroxylation sites is 1. The molecule has 0 aliphatic heterocycles. The highest BCUT2D eigenvalue weighted by Crippen LogP contribution is 2.23. The zero-order valence-corrected chi connectivity index (χ0v) is 31.4. The van der Waals surface area contributed by atoms with Gasteiger partial charge in [-0.25, -0.2) is 4.79 Å². The summed E-state index contributed by atoms with van der Waals surface area (Å²) in [5.41, 5.74) is 13.1. The molecule has 54 heavy (non-hydrogen) atoms. The number of hydrogen-bond donors (Lipinski definition) is 8. The fourth-order valence-electron chi connectivity index (χ4n) is 6.24. The van der Waals surface area contributed by atoms with E-state index in [0.29, 0.717) is 38.6 Å². The van der Waals surface area contributed by atoms with Gasteiger partial charge in [-0.3, -0.25) is 28.8 Å². The molecule has 1 aromatic heterocycles. The van der Waals surface area contributed by atoms with Crippen LogP contribution in [0.2, 0.25) is 0 Å². The topological polar surface area (TPSA) is 264 Å². The summed E-state index contributed by atoms with van der Waals surface area (Å²) in [4.78, 5) is 87.4. The summed E-state index contributed by atoms with van der Waals surface area (Å²) in [6, 6.07) is 5.50. The molecule has 0 radical (unpaired) electrons. The van der Waals surface area contributed by atoms with Crippen molar-refractivity contribution in [3.05, 3.63) is 36.0 Å². The number of aliphatic carboxylic acids is 2. The minimum Gasteiger partial charge on any atom is -0.481 e. The Kier molecular flexibility index (Phi) is 21.9. The molecule has 15 nitrogen and oxygen atoms in total. The third-order valence-electron chi connectivity index (χ3n) is 9.37. The lowest BCUT2D eigenvalue weighted by Gasteiger charge is -2.20. The van der Waals surface area contributed by atoms with Crippen LogP contribution < -0.4 is 27.4 Å². The first-order chi connectivity index (χ1) is 25.9. The number of carbonyl (C=O) groups is 7. The lowest BCUT2D eigenvalue weighted by atomic mass is 9.90. The number of Topliss-reactive ketones (excluding diaryl/α,β-unsaturated/α-hetero) is 1. The zero-order valence-electron chi connectivity index (χ0n) is 31.4. The van der Waals surface area contributed by atoms with Crippen molar-refractivity contribution in [3.8, 4) is 0 Å². The largest absolute Gasteiger partial charge is 0.481 e. The maximum Gasteiger partial charge on any atom is 0.326 e. The van der Waals surface area contributed by atoms with Crippen LogP contribution in [0.1, 0.15) is 137 Å². The second kappa shape index (κ2) is 26.1. The predicted molar refractivity (Wildman–Crippen MR) is 227 cm³/mol. The van der Waals surface area contributed by atoms with Gasteiger partial charge in [0.15, 0.2) is 0 Å². The van der Waals surface area contributed by atoms with Crippen LogP contribution >= 0.6 is 0 Å². The van der Waals surface area contributed by atoms with E-state index in [1.807, 2.05) is 24.3 Å². The van der Waals surface area contributed by atoms with Gasteiger partial charge in [0.1, 0.15) is 11.8 Å². The van der Waals surface area contributed by atoms with E-state index in [1.165, 1.54) is 0 Å². The number of fused-ring (bicyclic) bond motifs is 1. The molecule has 15 heteroatoms. The van der Waals surface area contributed by atoms with Gasteiger partial charge in [0, 0.05) is 83.9 Å². The molecule has 2 rings (SSSR count). The molecule has 322 valence electrons. The van der Waals surface area contributed by atoms with Gasteiger partial charge in [-0.15, -0.1) is 0 Å². The molecular formula is C39H82N6O9. The first-order valence-corrected chi connectivity index (χ1v) is 19.3. The van der Waals surface area contributed by atoms with E-state index < -0.39 is 41.8 Å². The summed E-state index contributed by atoms with van der Waals surface area (Å²) in [6.07, 6.45) is 12.1. The number of ketones is 1. The number of carboxylic acid groups (broad SMARTS) is 2. The predicted octanol–water partition coefficient (Wildman–Crippen LogP) is 6.32. The van der Waals surface area contributed by atoms with E-state index in [1.54, 1.807) is 6.20 Å². The highest BCUT2D eigenvalue weighted by molar-refractivity contribution is 5.91. The quantitative estimate of drug-likeness (QED) is 0.0395. The molecule has 0 fully saturated rings. The Balaban J connectivity index is -0.000000344. The SMILES string of the molecule is NC(=O)CCCCCCCCCCC(=O)NCCCC[C@H](N)C(=O)C[C@H](Cc1c[nH]c2ccccc12)C(=O)NCC[C@@H](NC(=O)CCCC(=O)O)C(=O)O.[2HH].[HH].[HH].[HH].[HH].[HH].[HH].[HH].[HH].[HH].[HH]. The Morgan fingerprint density at radius 1 is 0.741 bits per heavy atom. The van der Waals surface area contributed by atoms with Gasteiger partial charge in [-0.05, 0) is 63.0 Å². The van der Waals surface area contributed by atoms with Gasteiger partial charge in [0.25, 0.3) is 0 Å². The van der Waals surface area contributed by atoms with E-state index in [9.17, 15) is 38.7 Å². The van der Waals surface area contributed by atoms with Crippen molar-refractivity contribution in [2.24, 2.45) is 17.4 Å². The number of unbranched alkanes of at least 4 members (excludes halogenated alkanes) is 8. The minimum absolute atomic E-state index is 0. The summed E-state index contributed by atoms with van der Waals surface area (Å²) >= 11 is 0. The van der Waals surface area contributed by atoms with Crippen molar-refractivity contribution in [3.63, 3.8) is 0 Å². The lowest BCUT2D eigenvalue weighted by Crippen LogP contribution is -2.44. The van der Waals surface area contributed by atoms with Crippen molar-refractivity contribution in [1.82, 2.24) is 20.9 Å². The molecule has 0 saturated heterocycles. The smallest absolute Gasteiger partial charge is 0.326 e. The van der Waals surface area contributed by atoms with Crippen LogP contribution in [0.5, 0.6) is 0 Å². The number of aromatic nitrogens is 1. The Labute approximate surface area is 333 Å². The van der Waals surface area contributed by atoms with E-state index in [0.717, 1.165) is 67.8 Å². The van der Waals surface area contributed by atoms with Crippen molar-refractivity contribution in [2.45, 2.75) is 134 Å². The van der Waals surface area contributed by atoms with Crippen LogP contribution in [0.15, 0.2) is 30.5 Å². The highest BCUT2D eigenvalue weighted by atomic mass is 16.4. The minimum atomic E-state index is -1.29. The van der Waals surface area contributed by atoms with Crippen LogP contribution in [0.4, 0.5) is 0 Å². The van der Waals surface area contributed by atoms with Gasteiger partial charge >= 0.3 is 11.9 Å². The van der Waals surface area contributed by atoms with Crippen LogP contribution in [0.25, 0.3) is 10.9 Å². The van der Waals surface area contributed by atoms with Gasteiger partial charge in [0.05, 0.1) is 6.04 Å². The fraction of sp³-hybridized carbons (Fsp3) is 0.615. The molecule has 1 aromatic carbocycles. The number of benzene rings is 1. The Morgan fingerprint density at radius 2 is 1.39 bits per heavy atom. The number of hydrogen-bond acceptors (Lipinski definition) is 8. The van der Waals surface area contributed by atoms with E-state index >= 15 is 0 Å². The summed E-state index contributed by atoms with van der Waals surface area (Å²) in [7, 11) is 0. The van der Waals surface area contributed by atoms with Gasteiger partial charge in [0.2, 0.25) is 23.6 Å². The first kappa shape index (κ1) is 45.4. The number of aromatic amines is 1. The zero-order chi connectivity index (χ0) is 39.7. The molecule has 0 unspecified atom stereocenters. The number of nitrogens with two attached hydrogens (primary N) is 2. The Morgan fingerprint density at radius 3 is 2.06 bits per heavy atom. The van der Waals surface area contributed by atoms with E-state index in [4.69, 9.17) is 16.6 Å². The van der Waals surface area contributed by atoms with Crippen molar-refractivity contribution < 1.29 is 59.5 Å². The fourth-order valence-corrected chi connectivity index (χ4v) is 6.24. The molecule has 4 amide bonds. The monoisotopic (exact) mass is 780 g/mol. The Bertz CT molecular complexity index is 1550. The second-order valence-corrected chi connectivity index (χ2v) is 14.0. The maximum absolute atomic E-state index is 13.4. The second-order valence-electron chi connectivity index (χ2n) is 14.0. The average Bonchev–Trinajstić information content (AvgIpc) is 3.53. The summed E-state index contributed by atoms with van der Waals surface area (Å²) < 4.78 is 0. The number of carboxylic acids is 2. The molecule has 0 aliphatic carbocycles. The molecule has 0 bridgehead atoms. The van der Waals surface area contributed by atoms with E-state index in [2.05, 4.69) is 20.9 Å². The van der Waals surface area contributed by atoms with Crippen LogP contribution in [-0.4, -0.2) is 81.7 Å². The van der Waals surface area contributed by atoms with Crippen LogP contribution in [0, 0.1) is 5.92 Å². The van der Waals surface area contributed by atoms with Crippen LogP contribution in [-0.2, 0) is 40.0 Å². The molecular weight excluding hydrogens is 696 g/mol. The number of primary amides is 1. The molecule has 3 atom stereocenters. The third kappa shape index (κ3) is 19.3. The molecule has 0 saturated carbocycles. The number of rotatable bonds is 31. The normalized spacial score (nSPS) is 12.8. The standard InChI is InChI=1S/C39H60N6O9.11H2/c40-30(15-11-12-22-42-35(48)18-8-6-4-2-1-3-5-7-17-34(41)47)33(46)25-27(24-28-26-44-31-16-10-9-14-29(28)31)38(52)43-23-21-32(39(53)54)45-36(49)19-13-20-37(50)51;;;;;;;;;;;/h9-10,14,16,26-27,30,32,44H,1-8,11-13,15,17-25,40H2,(H2,41,47)(H,42,48)(H,43,52)(H,45,49)(H,50,51)(H,53,54);11*1H/t27-,30-,32+;;;;;;;;;;;/m0.........../s1/i;1+1;;;;;;;;;;. The van der Waals surface area contributed by atoms with E-state index in [-0.39, 0.29) is 78.4 Å². The molecule has 0 aliphatic rings. The maximum atomic E-state index is 13.4. The number of H-pyrrole nitrogens is 1. The van der Waals surface area contributed by atoms with Crippen molar-refractivity contribution >= 4 is 52.3 Å². The summed E-state index contributed by atoms with van der Waals surface area (Å²) in [6.45, 7) is 0.402. The molecule has 10 N–H and O–H groups in total. The third-order valence-corrected chi connectivity index (χ3v) is 9.37. The van der Waals surface area contributed by atoms with Crippen LogP contribution in [0.3, 0.4) is 0 Å². The summed E-state index contributed by atoms with van der Waals surface area (Å²) in [5, 5.41) is 27.3. The number of carbonyl (C=O) groups excluding carboxylic acids is 5. The lowest BCUT2D eigenvalue weighted by molar-refractivity contribution is -0.142. The summed E-state index contributed by atoms with van der Waals surface area (Å²) in [5.74, 6) is -4.71. The number of amides is 4.